The molecule has 0 radical (unpaired) electrons. The van der Waals surface area contributed by atoms with Crippen molar-refractivity contribution < 1.29 is 9.13 Å². The first-order valence-electron chi connectivity index (χ1n) is 10.9. The third-order valence-corrected chi connectivity index (χ3v) is 9.14. The maximum Gasteiger partial charge on any atom is 0.198 e. The average Bonchev–Trinajstić information content (AvgIpc) is 3.37. The lowest BCUT2D eigenvalue weighted by Crippen LogP contribution is -2.33. The van der Waals surface area contributed by atoms with E-state index in [4.69, 9.17) is 9.72 Å². The number of hydrogen-bond acceptors (Lipinski definition) is 7. The number of thiophene rings is 1. The van der Waals surface area contributed by atoms with E-state index >= 15 is 0 Å². The van der Waals surface area contributed by atoms with E-state index in [1.165, 1.54) is 28.3 Å². The minimum absolute atomic E-state index is 0.171. The highest BCUT2D eigenvalue weighted by Crippen LogP contribution is 2.42. The summed E-state index contributed by atoms with van der Waals surface area (Å²) >= 11 is 4.93. The van der Waals surface area contributed by atoms with Crippen LogP contribution in [0.1, 0.15) is 49.6 Å². The Labute approximate surface area is 199 Å². The number of nitrogens with zero attached hydrogens (tertiary/aromatic N) is 4. The molecular weight excluding hydrogens is 463 g/mol. The third-order valence-electron chi connectivity index (χ3n) is 5.92. The van der Waals surface area contributed by atoms with E-state index in [0.29, 0.717) is 17.9 Å². The van der Waals surface area contributed by atoms with Gasteiger partial charge < -0.3 is 4.74 Å². The molecule has 0 N–H and O–H groups in total. The number of thioether (sulfide) groups is 2. The molecule has 0 fully saturated rings. The van der Waals surface area contributed by atoms with Gasteiger partial charge in [0, 0.05) is 22.8 Å². The fraction of sp³-hybridized carbons (Fsp3) is 0.435. The molecular formula is C23H25FN4OS3. The van der Waals surface area contributed by atoms with Gasteiger partial charge >= 0.3 is 0 Å². The van der Waals surface area contributed by atoms with E-state index in [0.717, 1.165) is 51.2 Å². The molecule has 4 aromatic rings. The molecule has 3 aromatic heterocycles. The Morgan fingerprint density at radius 1 is 1.19 bits per heavy atom. The van der Waals surface area contributed by atoms with Gasteiger partial charge in [0.1, 0.15) is 10.6 Å². The van der Waals surface area contributed by atoms with E-state index in [1.807, 2.05) is 12.1 Å². The molecule has 1 aromatic carbocycles. The molecule has 1 atom stereocenters. The number of aromatic nitrogens is 4. The summed E-state index contributed by atoms with van der Waals surface area (Å²) in [5.74, 6) is 1.26. The molecule has 0 saturated heterocycles. The Balaban J connectivity index is 1.62. The molecule has 1 aliphatic heterocycles. The predicted octanol–water partition coefficient (Wildman–Crippen LogP) is 6.51. The fourth-order valence-electron chi connectivity index (χ4n) is 3.89. The predicted molar refractivity (Wildman–Crippen MR) is 130 cm³/mol. The largest absolute Gasteiger partial charge is 0.369 e. The number of rotatable bonds is 7. The van der Waals surface area contributed by atoms with Gasteiger partial charge in [0.05, 0.1) is 17.6 Å². The highest BCUT2D eigenvalue weighted by Gasteiger charge is 2.33. The highest BCUT2D eigenvalue weighted by molar-refractivity contribution is 7.99. The molecule has 0 bridgehead atoms. The van der Waals surface area contributed by atoms with Crippen molar-refractivity contribution in [3.63, 3.8) is 0 Å². The van der Waals surface area contributed by atoms with Crippen LogP contribution in [0, 0.1) is 5.82 Å². The van der Waals surface area contributed by atoms with Crippen LogP contribution < -0.4 is 0 Å². The smallest absolute Gasteiger partial charge is 0.198 e. The molecule has 0 amide bonds. The Kier molecular flexibility index (Phi) is 6.17. The first kappa shape index (κ1) is 22.1. The standard InChI is InChI=1S/C23H25FN4OS3/c1-4-10-30-21-25-20-18(15-11-23(3,5-2)29-12-17(15)32-20)19-26-27-22(28(19)21)31-13-14-8-6-7-9-16(14)24/h6-9H,4-5,10-13H2,1-3H3/t23-/m1/s1. The Hall–Kier alpha value is -1.68. The summed E-state index contributed by atoms with van der Waals surface area (Å²) in [4.78, 5) is 7.29. The second-order valence-corrected chi connectivity index (χ2v) is 11.3. The molecule has 4 heterocycles. The molecule has 0 aliphatic carbocycles. The summed E-state index contributed by atoms with van der Waals surface area (Å²) in [6.07, 6.45) is 2.85. The van der Waals surface area contributed by atoms with Crippen molar-refractivity contribution in [1.29, 1.82) is 0 Å². The molecule has 0 spiro atoms. The first-order chi connectivity index (χ1) is 15.5. The van der Waals surface area contributed by atoms with Crippen LogP contribution in [0.3, 0.4) is 0 Å². The molecule has 9 heteroatoms. The van der Waals surface area contributed by atoms with E-state index in [-0.39, 0.29) is 11.4 Å². The van der Waals surface area contributed by atoms with Crippen molar-refractivity contribution >= 4 is 50.7 Å². The van der Waals surface area contributed by atoms with Crippen LogP contribution >= 0.6 is 34.9 Å². The SMILES string of the molecule is CCCSc1nc2sc3c(c2c2nnc(SCc4ccccc4F)n12)C[C@@](C)(CC)OC3. The van der Waals surface area contributed by atoms with Crippen LogP contribution in [0.2, 0.25) is 0 Å². The minimum Gasteiger partial charge on any atom is -0.369 e. The second-order valence-electron chi connectivity index (χ2n) is 8.22. The van der Waals surface area contributed by atoms with Crippen molar-refractivity contribution in [2.75, 3.05) is 5.75 Å². The topological polar surface area (TPSA) is 52.3 Å². The minimum atomic E-state index is -0.194. The lowest BCUT2D eigenvalue weighted by atomic mass is 9.90. The van der Waals surface area contributed by atoms with Gasteiger partial charge in [-0.15, -0.1) is 21.5 Å². The zero-order valence-corrected chi connectivity index (χ0v) is 20.8. The van der Waals surface area contributed by atoms with Gasteiger partial charge in [-0.25, -0.2) is 13.8 Å². The van der Waals surface area contributed by atoms with Gasteiger partial charge in [0.2, 0.25) is 0 Å². The monoisotopic (exact) mass is 488 g/mol. The maximum atomic E-state index is 14.2. The molecule has 1 aliphatic rings. The Morgan fingerprint density at radius 2 is 2.03 bits per heavy atom. The van der Waals surface area contributed by atoms with E-state index in [1.54, 1.807) is 29.2 Å². The Bertz CT molecular complexity index is 1290. The van der Waals surface area contributed by atoms with Crippen molar-refractivity contribution in [3.8, 4) is 0 Å². The summed E-state index contributed by atoms with van der Waals surface area (Å²) < 4.78 is 22.4. The van der Waals surface area contributed by atoms with Gasteiger partial charge in [0.25, 0.3) is 0 Å². The van der Waals surface area contributed by atoms with Crippen LogP contribution in [-0.2, 0) is 23.5 Å². The van der Waals surface area contributed by atoms with Gasteiger partial charge in [0.15, 0.2) is 16.0 Å². The second kappa shape index (κ2) is 8.93. The van der Waals surface area contributed by atoms with Crippen molar-refractivity contribution in [2.45, 2.75) is 68.3 Å². The normalized spacial score (nSPS) is 18.5. The van der Waals surface area contributed by atoms with Gasteiger partial charge in [-0.1, -0.05) is 55.6 Å². The van der Waals surface area contributed by atoms with Gasteiger partial charge in [-0.05, 0) is 37.0 Å². The summed E-state index contributed by atoms with van der Waals surface area (Å²) in [7, 11) is 0. The molecule has 32 heavy (non-hydrogen) atoms. The molecule has 0 saturated carbocycles. The number of halogens is 1. The van der Waals surface area contributed by atoms with Crippen LogP contribution in [0.25, 0.3) is 15.9 Å². The van der Waals surface area contributed by atoms with Crippen molar-refractivity contribution in [3.05, 3.63) is 46.1 Å². The summed E-state index contributed by atoms with van der Waals surface area (Å²) in [5, 5.41) is 11.9. The van der Waals surface area contributed by atoms with Gasteiger partial charge in [-0.2, -0.15) is 0 Å². The van der Waals surface area contributed by atoms with Crippen LogP contribution in [-0.4, -0.2) is 30.9 Å². The third kappa shape index (κ3) is 3.93. The molecule has 168 valence electrons. The van der Waals surface area contributed by atoms with E-state index in [9.17, 15) is 4.39 Å². The Morgan fingerprint density at radius 3 is 2.81 bits per heavy atom. The lowest BCUT2D eigenvalue weighted by molar-refractivity contribution is -0.0542. The zero-order valence-electron chi connectivity index (χ0n) is 18.4. The van der Waals surface area contributed by atoms with E-state index < -0.39 is 0 Å². The number of fused-ring (bicyclic) bond motifs is 5. The van der Waals surface area contributed by atoms with Gasteiger partial charge in [-0.3, -0.25) is 0 Å². The molecule has 5 rings (SSSR count). The zero-order chi connectivity index (χ0) is 22.3. The molecule has 0 unspecified atom stereocenters. The maximum absolute atomic E-state index is 14.2. The van der Waals surface area contributed by atoms with Crippen LogP contribution in [0.4, 0.5) is 4.39 Å². The number of benzene rings is 1. The van der Waals surface area contributed by atoms with E-state index in [2.05, 4.69) is 35.4 Å². The number of ether oxygens (including phenoxy) is 1. The average molecular weight is 489 g/mol. The van der Waals surface area contributed by atoms with Crippen molar-refractivity contribution in [1.82, 2.24) is 19.6 Å². The van der Waals surface area contributed by atoms with Crippen LogP contribution in [0.5, 0.6) is 0 Å². The summed E-state index contributed by atoms with van der Waals surface area (Å²) in [6.45, 7) is 7.12. The van der Waals surface area contributed by atoms with Crippen molar-refractivity contribution in [2.24, 2.45) is 0 Å². The summed E-state index contributed by atoms with van der Waals surface area (Å²) in [5.41, 5.74) is 2.64. The fourth-order valence-corrected chi connectivity index (χ4v) is 6.86. The lowest BCUT2D eigenvalue weighted by Gasteiger charge is -2.33. The number of hydrogen-bond donors (Lipinski definition) is 0. The first-order valence-corrected chi connectivity index (χ1v) is 13.6. The quantitative estimate of drug-likeness (QED) is 0.218. The highest BCUT2D eigenvalue weighted by atomic mass is 32.2. The molecule has 5 nitrogen and oxygen atoms in total. The summed E-state index contributed by atoms with van der Waals surface area (Å²) in [6, 6.07) is 6.88. The van der Waals surface area contributed by atoms with Crippen LogP contribution in [0.15, 0.2) is 34.6 Å².